The first kappa shape index (κ1) is 11.7. The van der Waals surface area contributed by atoms with Gasteiger partial charge in [0.05, 0.1) is 11.4 Å². The SMILES string of the molecule is CNCc1[nH]c(-c2c[nH]c3ccccc23)nc1C1CC1. The van der Waals surface area contributed by atoms with Crippen LogP contribution < -0.4 is 5.32 Å². The highest BCUT2D eigenvalue weighted by atomic mass is 15.0. The molecule has 0 unspecified atom stereocenters. The fourth-order valence-corrected chi connectivity index (χ4v) is 2.82. The molecule has 20 heavy (non-hydrogen) atoms. The number of H-pyrrole nitrogens is 2. The number of benzene rings is 1. The van der Waals surface area contributed by atoms with Crippen molar-refractivity contribution in [1.29, 1.82) is 0 Å². The number of hydrogen-bond donors (Lipinski definition) is 3. The predicted octanol–water partition coefficient (Wildman–Crippen LogP) is 3.15. The van der Waals surface area contributed by atoms with Crippen molar-refractivity contribution in [2.45, 2.75) is 25.3 Å². The molecule has 0 bridgehead atoms. The van der Waals surface area contributed by atoms with Crippen LogP contribution in [0, 0.1) is 0 Å². The minimum absolute atomic E-state index is 0.661. The predicted molar refractivity (Wildman–Crippen MR) is 80.6 cm³/mol. The molecule has 0 saturated heterocycles. The molecule has 3 aromatic rings. The zero-order chi connectivity index (χ0) is 13.5. The summed E-state index contributed by atoms with van der Waals surface area (Å²) in [6.07, 6.45) is 4.59. The molecule has 4 rings (SSSR count). The molecule has 0 radical (unpaired) electrons. The van der Waals surface area contributed by atoms with Crippen molar-refractivity contribution in [2.24, 2.45) is 0 Å². The Morgan fingerprint density at radius 2 is 2.15 bits per heavy atom. The number of rotatable bonds is 4. The molecule has 102 valence electrons. The van der Waals surface area contributed by atoms with Crippen LogP contribution in [0.4, 0.5) is 0 Å². The van der Waals surface area contributed by atoms with Crippen molar-refractivity contribution < 1.29 is 0 Å². The first-order valence-corrected chi connectivity index (χ1v) is 7.16. The minimum Gasteiger partial charge on any atom is -0.360 e. The molecule has 1 aliphatic rings. The number of nitrogens with one attached hydrogen (secondary N) is 3. The first-order chi connectivity index (χ1) is 9.86. The highest BCUT2D eigenvalue weighted by Gasteiger charge is 2.29. The van der Waals surface area contributed by atoms with Crippen LogP contribution in [0.2, 0.25) is 0 Å². The highest BCUT2D eigenvalue weighted by Crippen LogP contribution is 2.41. The maximum Gasteiger partial charge on any atom is 0.140 e. The van der Waals surface area contributed by atoms with Gasteiger partial charge in [-0.05, 0) is 26.0 Å². The lowest BCUT2D eigenvalue weighted by Gasteiger charge is -1.98. The second-order valence-corrected chi connectivity index (χ2v) is 5.50. The molecule has 0 aliphatic heterocycles. The number of aromatic nitrogens is 3. The van der Waals surface area contributed by atoms with Crippen molar-refractivity contribution in [3.05, 3.63) is 41.9 Å². The van der Waals surface area contributed by atoms with Gasteiger partial charge in [0.15, 0.2) is 0 Å². The number of hydrogen-bond acceptors (Lipinski definition) is 2. The van der Waals surface area contributed by atoms with E-state index in [1.54, 1.807) is 0 Å². The van der Waals surface area contributed by atoms with E-state index in [4.69, 9.17) is 4.98 Å². The van der Waals surface area contributed by atoms with Crippen molar-refractivity contribution in [1.82, 2.24) is 20.3 Å². The Labute approximate surface area is 117 Å². The number of nitrogens with zero attached hydrogens (tertiary/aromatic N) is 1. The van der Waals surface area contributed by atoms with Crippen LogP contribution in [0.3, 0.4) is 0 Å². The molecule has 1 saturated carbocycles. The van der Waals surface area contributed by atoms with Crippen LogP contribution in [0.25, 0.3) is 22.3 Å². The van der Waals surface area contributed by atoms with Gasteiger partial charge in [-0.3, -0.25) is 0 Å². The fraction of sp³-hybridized carbons (Fsp3) is 0.312. The van der Waals surface area contributed by atoms with Gasteiger partial charge in [0.1, 0.15) is 5.82 Å². The Morgan fingerprint density at radius 1 is 1.30 bits per heavy atom. The summed E-state index contributed by atoms with van der Waals surface area (Å²) in [6, 6.07) is 8.35. The summed E-state index contributed by atoms with van der Waals surface area (Å²) in [5.41, 5.74) is 4.79. The molecule has 4 nitrogen and oxygen atoms in total. The number of aromatic amines is 2. The zero-order valence-corrected chi connectivity index (χ0v) is 11.5. The molecule has 0 amide bonds. The van der Waals surface area contributed by atoms with Crippen molar-refractivity contribution in [2.75, 3.05) is 7.05 Å². The molecule has 1 fully saturated rings. The molecular formula is C16H18N4. The van der Waals surface area contributed by atoms with Crippen molar-refractivity contribution in [3.8, 4) is 11.4 Å². The molecule has 2 heterocycles. The van der Waals surface area contributed by atoms with Gasteiger partial charge in [-0.2, -0.15) is 0 Å². The van der Waals surface area contributed by atoms with Gasteiger partial charge in [0.25, 0.3) is 0 Å². The minimum atomic E-state index is 0.661. The summed E-state index contributed by atoms with van der Waals surface area (Å²) in [4.78, 5) is 11.7. The first-order valence-electron chi connectivity index (χ1n) is 7.16. The van der Waals surface area contributed by atoms with Crippen LogP contribution in [-0.4, -0.2) is 22.0 Å². The van der Waals surface area contributed by atoms with Gasteiger partial charge >= 0.3 is 0 Å². The highest BCUT2D eigenvalue weighted by molar-refractivity contribution is 5.93. The van der Waals surface area contributed by atoms with Gasteiger partial charge in [-0.1, -0.05) is 18.2 Å². The topological polar surface area (TPSA) is 56.5 Å². The molecule has 0 spiro atoms. The maximum atomic E-state index is 4.87. The quantitative estimate of drug-likeness (QED) is 0.679. The van der Waals surface area contributed by atoms with Crippen LogP contribution >= 0.6 is 0 Å². The smallest absolute Gasteiger partial charge is 0.140 e. The molecule has 1 aliphatic carbocycles. The van der Waals surface area contributed by atoms with Gasteiger partial charge in [-0.25, -0.2) is 4.98 Å². The maximum absolute atomic E-state index is 4.87. The molecule has 3 N–H and O–H groups in total. The largest absolute Gasteiger partial charge is 0.360 e. The third kappa shape index (κ3) is 1.84. The Morgan fingerprint density at radius 3 is 2.95 bits per heavy atom. The monoisotopic (exact) mass is 266 g/mol. The summed E-state index contributed by atoms with van der Waals surface area (Å²) >= 11 is 0. The lowest BCUT2D eigenvalue weighted by Crippen LogP contribution is -2.07. The molecule has 2 aromatic heterocycles. The van der Waals surface area contributed by atoms with E-state index in [-0.39, 0.29) is 0 Å². The standard InChI is InChI=1S/C16H18N4/c1-17-9-14-15(10-6-7-10)20-16(19-14)12-8-18-13-5-3-2-4-11(12)13/h2-5,8,10,17-18H,6-7,9H2,1H3,(H,19,20). The summed E-state index contributed by atoms with van der Waals surface area (Å²) < 4.78 is 0. The average Bonchev–Trinajstić information content (AvgIpc) is 3.09. The molecule has 1 aromatic carbocycles. The van der Waals surface area contributed by atoms with Crippen molar-refractivity contribution in [3.63, 3.8) is 0 Å². The summed E-state index contributed by atoms with van der Waals surface area (Å²) in [5, 5.41) is 4.45. The van der Waals surface area contributed by atoms with E-state index >= 15 is 0 Å². The molecule has 4 heteroatoms. The Bertz CT molecular complexity index is 749. The second-order valence-electron chi connectivity index (χ2n) is 5.50. The molecule has 0 atom stereocenters. The average molecular weight is 266 g/mol. The van der Waals surface area contributed by atoms with Crippen LogP contribution in [0.1, 0.15) is 30.1 Å². The van der Waals surface area contributed by atoms with E-state index < -0.39 is 0 Å². The normalized spacial score (nSPS) is 15.1. The van der Waals surface area contributed by atoms with Crippen LogP contribution in [-0.2, 0) is 6.54 Å². The van der Waals surface area contributed by atoms with E-state index in [9.17, 15) is 0 Å². The molecular weight excluding hydrogens is 248 g/mol. The lowest BCUT2D eigenvalue weighted by molar-refractivity contribution is 0.782. The van der Waals surface area contributed by atoms with E-state index in [2.05, 4.69) is 33.5 Å². The number of para-hydroxylation sites is 1. The third-order valence-corrected chi connectivity index (χ3v) is 3.97. The number of fused-ring (bicyclic) bond motifs is 1. The van der Waals surface area contributed by atoms with E-state index in [0.29, 0.717) is 5.92 Å². The van der Waals surface area contributed by atoms with Crippen molar-refractivity contribution >= 4 is 10.9 Å². The van der Waals surface area contributed by atoms with Crippen LogP contribution in [0.15, 0.2) is 30.5 Å². The van der Waals surface area contributed by atoms with Gasteiger partial charge in [-0.15, -0.1) is 0 Å². The van der Waals surface area contributed by atoms with Gasteiger partial charge in [0.2, 0.25) is 0 Å². The van der Waals surface area contributed by atoms with E-state index in [1.807, 2.05) is 19.3 Å². The summed E-state index contributed by atoms with van der Waals surface area (Å²) in [5.74, 6) is 1.64. The van der Waals surface area contributed by atoms with Gasteiger partial charge < -0.3 is 15.3 Å². The fourth-order valence-electron chi connectivity index (χ4n) is 2.82. The van der Waals surface area contributed by atoms with E-state index in [1.165, 1.54) is 29.6 Å². The zero-order valence-electron chi connectivity index (χ0n) is 11.5. The van der Waals surface area contributed by atoms with E-state index in [0.717, 1.165) is 23.4 Å². The Balaban J connectivity index is 1.83. The summed E-state index contributed by atoms with van der Waals surface area (Å²) in [6.45, 7) is 0.848. The van der Waals surface area contributed by atoms with Crippen LogP contribution in [0.5, 0.6) is 0 Å². The second kappa shape index (κ2) is 4.49. The summed E-state index contributed by atoms with van der Waals surface area (Å²) in [7, 11) is 1.98. The Kier molecular flexibility index (Phi) is 2.63. The van der Waals surface area contributed by atoms with Gasteiger partial charge in [0, 0.05) is 35.1 Å². The lowest BCUT2D eigenvalue weighted by atomic mass is 10.2. The Hall–Kier alpha value is -2.07. The number of imidazole rings is 1. The third-order valence-electron chi connectivity index (χ3n) is 3.97.